The van der Waals surface area contributed by atoms with Crippen LogP contribution in [0.4, 0.5) is 14.5 Å². The zero-order valence-corrected chi connectivity index (χ0v) is 12.9. The Hall–Kier alpha value is -1.73. The van der Waals surface area contributed by atoms with Gasteiger partial charge in [0.15, 0.2) is 0 Å². The first kappa shape index (κ1) is 16.1. The summed E-state index contributed by atoms with van der Waals surface area (Å²) in [6, 6.07) is 6.21. The van der Waals surface area contributed by atoms with E-state index in [1.165, 1.54) is 11.0 Å². The Balaban J connectivity index is 1.71. The molecule has 0 aliphatic carbocycles. The second-order valence-electron chi connectivity index (χ2n) is 5.82. The maximum Gasteiger partial charge on any atom is 0.387 e. The molecule has 2 saturated heterocycles. The molecule has 3 atom stereocenters. The monoisotopic (exact) mass is 326 g/mol. The van der Waals surface area contributed by atoms with Crippen molar-refractivity contribution in [3.63, 3.8) is 0 Å². The Labute approximate surface area is 133 Å². The molecule has 3 rings (SSSR count). The van der Waals surface area contributed by atoms with Gasteiger partial charge in [-0.15, -0.1) is 0 Å². The molecule has 0 spiro atoms. The maximum absolute atomic E-state index is 12.6. The van der Waals surface area contributed by atoms with E-state index in [4.69, 9.17) is 4.74 Å². The van der Waals surface area contributed by atoms with Gasteiger partial charge in [0.05, 0.1) is 17.8 Å². The molecular formula is C16H20F2N2O3. The first-order chi connectivity index (χ1) is 11.1. The molecule has 1 aromatic rings. The van der Waals surface area contributed by atoms with E-state index >= 15 is 0 Å². The lowest BCUT2D eigenvalue weighted by Gasteiger charge is -2.22. The third-order valence-electron chi connectivity index (χ3n) is 4.37. The average Bonchev–Trinajstić information content (AvgIpc) is 3.07. The summed E-state index contributed by atoms with van der Waals surface area (Å²) in [5, 5.41) is 3.33. The lowest BCUT2D eigenvalue weighted by molar-refractivity contribution is -0.119. The molecular weight excluding hydrogens is 306 g/mol. The number of alkyl halides is 2. The van der Waals surface area contributed by atoms with Crippen LogP contribution < -0.4 is 15.0 Å². The molecule has 0 saturated carbocycles. The van der Waals surface area contributed by atoms with E-state index in [1.54, 1.807) is 18.2 Å². The van der Waals surface area contributed by atoms with Crippen LogP contribution in [0.25, 0.3) is 0 Å². The number of anilines is 1. The van der Waals surface area contributed by atoms with Gasteiger partial charge in [-0.1, -0.05) is 12.1 Å². The summed E-state index contributed by atoms with van der Waals surface area (Å²) in [6.07, 6.45) is 1.58. The van der Waals surface area contributed by atoms with Crippen molar-refractivity contribution >= 4 is 11.6 Å². The molecule has 7 heteroatoms. The quantitative estimate of drug-likeness (QED) is 0.901. The minimum Gasteiger partial charge on any atom is -0.433 e. The van der Waals surface area contributed by atoms with Crippen LogP contribution in [0.5, 0.6) is 5.75 Å². The minimum absolute atomic E-state index is 0.0223. The fourth-order valence-electron chi connectivity index (χ4n) is 3.16. The van der Waals surface area contributed by atoms with Crippen LogP contribution >= 0.6 is 0 Å². The smallest absolute Gasteiger partial charge is 0.387 e. The molecule has 0 unspecified atom stereocenters. The zero-order chi connectivity index (χ0) is 16.4. The van der Waals surface area contributed by atoms with Crippen molar-refractivity contribution < 1.29 is 23.0 Å². The molecule has 126 valence electrons. The lowest BCUT2D eigenvalue weighted by atomic mass is 10.1. The van der Waals surface area contributed by atoms with Gasteiger partial charge < -0.3 is 19.7 Å². The van der Waals surface area contributed by atoms with Gasteiger partial charge >= 0.3 is 6.61 Å². The van der Waals surface area contributed by atoms with E-state index in [0.717, 1.165) is 6.42 Å². The fraction of sp³-hybridized carbons (Fsp3) is 0.562. The second-order valence-corrected chi connectivity index (χ2v) is 5.82. The van der Waals surface area contributed by atoms with E-state index in [-0.39, 0.29) is 29.8 Å². The largest absolute Gasteiger partial charge is 0.433 e. The van der Waals surface area contributed by atoms with Crippen molar-refractivity contribution in [1.29, 1.82) is 0 Å². The van der Waals surface area contributed by atoms with Crippen LogP contribution in [0.1, 0.15) is 19.8 Å². The number of halogens is 2. The first-order valence-corrected chi connectivity index (χ1v) is 7.79. The molecule has 2 aliphatic heterocycles. The van der Waals surface area contributed by atoms with Crippen LogP contribution in [0.15, 0.2) is 24.3 Å². The Morgan fingerprint density at radius 1 is 1.35 bits per heavy atom. The molecule has 0 aromatic heterocycles. The van der Waals surface area contributed by atoms with E-state index in [9.17, 15) is 13.6 Å². The molecule has 1 aromatic carbocycles. The summed E-state index contributed by atoms with van der Waals surface area (Å²) in [6.45, 7) is 0.226. The average molecular weight is 326 g/mol. The Morgan fingerprint density at radius 2 is 2.13 bits per heavy atom. The number of para-hydroxylation sites is 2. The number of benzene rings is 1. The summed E-state index contributed by atoms with van der Waals surface area (Å²) >= 11 is 0. The number of amides is 1. The van der Waals surface area contributed by atoms with Gasteiger partial charge in [0.2, 0.25) is 5.91 Å². The summed E-state index contributed by atoms with van der Waals surface area (Å²) in [5.74, 6) is -0.0940. The van der Waals surface area contributed by atoms with Crippen molar-refractivity contribution in [1.82, 2.24) is 5.32 Å². The van der Waals surface area contributed by atoms with Crippen LogP contribution in [0.3, 0.4) is 0 Å². The van der Waals surface area contributed by atoms with E-state index in [1.807, 2.05) is 6.92 Å². The number of rotatable bonds is 5. The Kier molecular flexibility index (Phi) is 4.77. The SMILES string of the molecule is C[C@@H]1OCC[C@@H]1N[C@H]1CCN(c2ccccc2OC(F)F)C1=O. The summed E-state index contributed by atoms with van der Waals surface area (Å²) in [4.78, 5) is 14.1. The van der Waals surface area contributed by atoms with Gasteiger partial charge in [0.1, 0.15) is 5.75 Å². The van der Waals surface area contributed by atoms with Gasteiger partial charge in [0.25, 0.3) is 0 Å². The highest BCUT2D eigenvalue weighted by Crippen LogP contribution is 2.32. The summed E-state index contributed by atoms with van der Waals surface area (Å²) in [5.41, 5.74) is 0.387. The van der Waals surface area contributed by atoms with Crippen LogP contribution in [0, 0.1) is 0 Å². The van der Waals surface area contributed by atoms with Crippen molar-refractivity contribution in [2.45, 2.75) is 44.6 Å². The highest BCUT2D eigenvalue weighted by Gasteiger charge is 2.37. The normalized spacial score (nSPS) is 27.9. The highest BCUT2D eigenvalue weighted by atomic mass is 19.3. The summed E-state index contributed by atoms with van der Waals surface area (Å²) < 4.78 is 35.1. The summed E-state index contributed by atoms with van der Waals surface area (Å²) in [7, 11) is 0. The van der Waals surface area contributed by atoms with Crippen molar-refractivity contribution in [2.75, 3.05) is 18.1 Å². The van der Waals surface area contributed by atoms with Crippen molar-refractivity contribution in [3.8, 4) is 5.75 Å². The number of carbonyl (C=O) groups is 1. The van der Waals surface area contributed by atoms with Gasteiger partial charge in [-0.3, -0.25) is 4.79 Å². The van der Waals surface area contributed by atoms with E-state index in [0.29, 0.717) is 25.3 Å². The molecule has 2 heterocycles. The standard InChI is InChI=1S/C16H20F2N2O3/c1-10-11(7-9-22-10)19-12-6-8-20(15(12)21)13-4-2-3-5-14(13)23-16(17)18/h2-5,10-12,16,19H,6-9H2,1H3/t10-,11-,12-/m0/s1. The first-order valence-electron chi connectivity index (χ1n) is 7.79. The number of hydrogen-bond donors (Lipinski definition) is 1. The van der Waals surface area contributed by atoms with Crippen molar-refractivity contribution in [3.05, 3.63) is 24.3 Å². The topological polar surface area (TPSA) is 50.8 Å². The second kappa shape index (κ2) is 6.80. The van der Waals surface area contributed by atoms with Gasteiger partial charge in [-0.25, -0.2) is 0 Å². The number of carbonyl (C=O) groups excluding carboxylic acids is 1. The predicted octanol–water partition coefficient (Wildman–Crippen LogP) is 2.16. The van der Waals surface area contributed by atoms with E-state index in [2.05, 4.69) is 10.1 Å². The molecule has 2 fully saturated rings. The molecule has 0 bridgehead atoms. The number of ether oxygens (including phenoxy) is 2. The maximum atomic E-state index is 12.6. The van der Waals surface area contributed by atoms with Gasteiger partial charge in [-0.2, -0.15) is 8.78 Å². The van der Waals surface area contributed by atoms with Crippen LogP contribution in [-0.2, 0) is 9.53 Å². The Bertz CT molecular complexity index is 570. The number of nitrogens with zero attached hydrogens (tertiary/aromatic N) is 1. The highest BCUT2D eigenvalue weighted by molar-refractivity contribution is 6.00. The predicted molar refractivity (Wildman–Crippen MR) is 80.8 cm³/mol. The molecule has 0 radical (unpaired) electrons. The van der Waals surface area contributed by atoms with Crippen molar-refractivity contribution in [2.24, 2.45) is 0 Å². The fourth-order valence-corrected chi connectivity index (χ4v) is 3.16. The number of nitrogens with one attached hydrogen (secondary N) is 1. The molecule has 23 heavy (non-hydrogen) atoms. The molecule has 2 aliphatic rings. The molecule has 1 amide bonds. The van der Waals surface area contributed by atoms with Gasteiger partial charge in [-0.05, 0) is 31.9 Å². The third kappa shape index (κ3) is 3.45. The Morgan fingerprint density at radius 3 is 2.83 bits per heavy atom. The minimum atomic E-state index is -2.92. The van der Waals surface area contributed by atoms with Crippen LogP contribution in [-0.4, -0.2) is 43.9 Å². The lowest BCUT2D eigenvalue weighted by Crippen LogP contribution is -2.46. The third-order valence-corrected chi connectivity index (χ3v) is 4.37. The van der Waals surface area contributed by atoms with Crippen LogP contribution in [0.2, 0.25) is 0 Å². The van der Waals surface area contributed by atoms with Gasteiger partial charge in [0, 0.05) is 19.2 Å². The zero-order valence-electron chi connectivity index (χ0n) is 12.9. The molecule has 5 nitrogen and oxygen atoms in total. The van der Waals surface area contributed by atoms with E-state index < -0.39 is 6.61 Å². The number of hydrogen-bond acceptors (Lipinski definition) is 4. The molecule has 1 N–H and O–H groups in total.